The fourth-order valence-electron chi connectivity index (χ4n) is 4.57. The average Bonchev–Trinajstić information content (AvgIpc) is 3.48. The molecule has 4 atom stereocenters. The van der Waals surface area contributed by atoms with Crippen LogP contribution in [0.5, 0.6) is 5.75 Å². The summed E-state index contributed by atoms with van der Waals surface area (Å²) in [5.41, 5.74) is 4.10. The molecule has 0 spiro atoms. The summed E-state index contributed by atoms with van der Waals surface area (Å²) in [5, 5.41) is 34.5. The van der Waals surface area contributed by atoms with Crippen LogP contribution in [0.25, 0.3) is 5.69 Å². The van der Waals surface area contributed by atoms with Gasteiger partial charge < -0.3 is 25.0 Å². The predicted octanol–water partition coefficient (Wildman–Crippen LogP) is 5.43. The number of thioether (sulfide) groups is 1. The number of benzene rings is 3. The third kappa shape index (κ3) is 7.79. The van der Waals surface area contributed by atoms with E-state index in [1.807, 2.05) is 48.5 Å². The summed E-state index contributed by atoms with van der Waals surface area (Å²) < 4.78 is 12.6. The molecule has 0 bridgehead atoms. The number of rotatable bonds is 9. The molecule has 0 saturated carbocycles. The third-order valence-electron chi connectivity index (χ3n) is 7.00. The number of hydrogen-bond acceptors (Lipinski definition) is 9. The normalized spacial score (nSPS) is 20.6. The van der Waals surface area contributed by atoms with Gasteiger partial charge in [-0.3, -0.25) is 4.79 Å². The van der Waals surface area contributed by atoms with Gasteiger partial charge in [0, 0.05) is 23.8 Å². The second-order valence-corrected chi connectivity index (χ2v) is 13.2. The lowest BCUT2D eigenvalue weighted by Gasteiger charge is -2.41. The minimum Gasteiger partial charge on any atom is -0.508 e. The lowest BCUT2D eigenvalue weighted by atomic mass is 9.91. The number of tetrazole rings is 1. The summed E-state index contributed by atoms with van der Waals surface area (Å²) in [4.78, 5) is 11.9. The first-order valence-electron chi connectivity index (χ1n) is 13.3. The number of carbonyl (C=O) groups excluding carboxylic acids is 1. The Morgan fingerprint density at radius 2 is 1.63 bits per heavy atom. The van der Waals surface area contributed by atoms with Gasteiger partial charge in [-0.05, 0) is 51.4 Å². The van der Waals surface area contributed by atoms with Crippen molar-refractivity contribution in [2.75, 3.05) is 5.75 Å². The fraction of sp³-hybridized carbons (Fsp3) is 0.310. The van der Waals surface area contributed by atoms with Crippen LogP contribution in [0.15, 0.2) is 78.0 Å². The van der Waals surface area contributed by atoms with Gasteiger partial charge in [0.25, 0.3) is 9.70 Å². The molecular weight excluding hydrogens is 637 g/mol. The Kier molecular flexibility index (Phi) is 10.1. The number of aliphatic hydroxyl groups is 1. The van der Waals surface area contributed by atoms with Crippen molar-refractivity contribution in [2.24, 2.45) is 5.92 Å². The van der Waals surface area contributed by atoms with Crippen molar-refractivity contribution < 1.29 is 24.5 Å². The van der Waals surface area contributed by atoms with E-state index >= 15 is 0 Å². The highest BCUT2D eigenvalue weighted by Gasteiger charge is 2.38. The minimum atomic E-state index is -2.04. The minimum absolute atomic E-state index is 0.0434. The standard InChI is InChI=1S/C29H28Cl3N5O5S/c1-17-24(16-43-28-34-35-36-37(28)22-10-12-23(39)13-11-22)41-26(42-25(17)20-6-4-19(15-38)5-7-20)21-8-2-18(3-9-21)14-33-27(40)29(30,31)32/h2-13,17,24-26,38-39H,14-16H2,1H3,(H,33,40)/t17-,24+,25+,26+/m1/s1. The van der Waals surface area contributed by atoms with E-state index in [0.717, 1.165) is 27.9 Å². The third-order valence-corrected chi connectivity index (χ3v) is 8.52. The van der Waals surface area contributed by atoms with E-state index in [1.54, 1.807) is 28.9 Å². The summed E-state index contributed by atoms with van der Waals surface area (Å²) in [7, 11) is 0. The largest absolute Gasteiger partial charge is 0.508 e. The van der Waals surface area contributed by atoms with Gasteiger partial charge >= 0.3 is 0 Å². The lowest BCUT2D eigenvalue weighted by Crippen LogP contribution is -2.38. The Labute approximate surface area is 267 Å². The molecule has 0 unspecified atom stereocenters. The van der Waals surface area contributed by atoms with E-state index in [9.17, 15) is 15.0 Å². The summed E-state index contributed by atoms with van der Waals surface area (Å²) in [6.45, 7) is 2.22. The molecule has 0 radical (unpaired) electrons. The van der Waals surface area contributed by atoms with E-state index in [4.69, 9.17) is 44.3 Å². The number of alkyl halides is 3. The van der Waals surface area contributed by atoms with Crippen molar-refractivity contribution in [1.29, 1.82) is 0 Å². The van der Waals surface area contributed by atoms with Gasteiger partial charge in [0.2, 0.25) is 5.16 Å². The van der Waals surface area contributed by atoms with Gasteiger partial charge in [-0.2, -0.15) is 4.68 Å². The van der Waals surface area contributed by atoms with E-state index in [0.29, 0.717) is 10.9 Å². The first kappa shape index (κ1) is 31.5. The van der Waals surface area contributed by atoms with Gasteiger partial charge in [0.05, 0.1) is 24.5 Å². The zero-order chi connectivity index (χ0) is 30.6. The highest BCUT2D eigenvalue weighted by molar-refractivity contribution is 7.99. The van der Waals surface area contributed by atoms with Crippen LogP contribution in [0.1, 0.15) is 41.6 Å². The van der Waals surface area contributed by atoms with E-state index < -0.39 is 16.0 Å². The van der Waals surface area contributed by atoms with Crippen LogP contribution in [0.4, 0.5) is 0 Å². The number of aromatic nitrogens is 4. The maximum atomic E-state index is 11.9. The Bertz CT molecular complexity index is 1520. The summed E-state index contributed by atoms with van der Waals surface area (Å²) in [6, 6.07) is 21.7. The number of phenols is 1. The Hall–Kier alpha value is -2.90. The van der Waals surface area contributed by atoms with Crippen molar-refractivity contribution in [3.05, 3.63) is 95.1 Å². The molecule has 1 amide bonds. The lowest BCUT2D eigenvalue weighted by molar-refractivity contribution is -0.268. The van der Waals surface area contributed by atoms with Gasteiger partial charge in [0.15, 0.2) is 6.29 Å². The van der Waals surface area contributed by atoms with Crippen LogP contribution < -0.4 is 5.32 Å². The summed E-state index contributed by atoms with van der Waals surface area (Å²) in [5.74, 6) is -0.0640. The van der Waals surface area contributed by atoms with Crippen molar-refractivity contribution in [1.82, 2.24) is 25.5 Å². The average molecular weight is 665 g/mol. The maximum absolute atomic E-state index is 11.9. The summed E-state index contributed by atoms with van der Waals surface area (Å²) >= 11 is 18.4. The highest BCUT2D eigenvalue weighted by atomic mass is 35.6. The molecule has 1 aromatic heterocycles. The highest BCUT2D eigenvalue weighted by Crippen LogP contribution is 2.43. The van der Waals surface area contributed by atoms with E-state index in [1.165, 1.54) is 11.8 Å². The van der Waals surface area contributed by atoms with Gasteiger partial charge in [-0.25, -0.2) is 0 Å². The molecule has 1 saturated heterocycles. The number of ether oxygens (including phenoxy) is 2. The Morgan fingerprint density at radius 1 is 0.977 bits per heavy atom. The van der Waals surface area contributed by atoms with E-state index in [-0.39, 0.29) is 37.0 Å². The van der Waals surface area contributed by atoms with Crippen molar-refractivity contribution in [2.45, 2.75) is 47.5 Å². The smallest absolute Gasteiger partial charge is 0.272 e. The first-order valence-corrected chi connectivity index (χ1v) is 15.4. The number of phenolic OH excluding ortho intramolecular Hbond substituents is 1. The molecule has 226 valence electrons. The molecule has 0 aliphatic carbocycles. The van der Waals surface area contributed by atoms with Crippen LogP contribution in [-0.4, -0.2) is 52.0 Å². The maximum Gasteiger partial charge on any atom is 0.272 e. The molecule has 14 heteroatoms. The molecule has 1 aliphatic heterocycles. The quantitative estimate of drug-likeness (QED) is 0.158. The molecule has 1 fully saturated rings. The second-order valence-electron chi connectivity index (χ2n) is 9.94. The molecule has 10 nitrogen and oxygen atoms in total. The molecule has 5 rings (SSSR count). The molecule has 3 aromatic carbocycles. The molecule has 43 heavy (non-hydrogen) atoms. The van der Waals surface area contributed by atoms with Crippen LogP contribution >= 0.6 is 46.6 Å². The zero-order valence-corrected chi connectivity index (χ0v) is 25.9. The number of nitrogens with one attached hydrogen (secondary N) is 1. The van der Waals surface area contributed by atoms with Crippen LogP contribution in [0.2, 0.25) is 0 Å². The number of hydrogen-bond donors (Lipinski definition) is 3. The predicted molar refractivity (Wildman–Crippen MR) is 163 cm³/mol. The number of halogens is 3. The van der Waals surface area contributed by atoms with Crippen LogP contribution in [0.3, 0.4) is 0 Å². The van der Waals surface area contributed by atoms with E-state index in [2.05, 4.69) is 27.8 Å². The monoisotopic (exact) mass is 663 g/mol. The molecule has 2 heterocycles. The van der Waals surface area contributed by atoms with Gasteiger partial charge in [0.1, 0.15) is 5.75 Å². The van der Waals surface area contributed by atoms with Crippen LogP contribution in [-0.2, 0) is 27.4 Å². The second kappa shape index (κ2) is 13.8. The zero-order valence-electron chi connectivity index (χ0n) is 22.8. The Balaban J connectivity index is 1.34. The number of aromatic hydroxyl groups is 1. The molecular formula is C29H28Cl3N5O5S. The fourth-order valence-corrected chi connectivity index (χ4v) is 5.82. The Morgan fingerprint density at radius 3 is 2.28 bits per heavy atom. The molecule has 1 aliphatic rings. The first-order chi connectivity index (χ1) is 20.6. The summed E-state index contributed by atoms with van der Waals surface area (Å²) in [6.07, 6.45) is -1.23. The molecule has 4 aromatic rings. The topological polar surface area (TPSA) is 132 Å². The van der Waals surface area contributed by atoms with Crippen LogP contribution in [0, 0.1) is 5.92 Å². The molecule has 3 N–H and O–H groups in total. The number of carbonyl (C=O) groups is 1. The number of nitrogens with zero attached hydrogens (tertiary/aromatic N) is 4. The van der Waals surface area contributed by atoms with Crippen molar-refractivity contribution in [3.8, 4) is 11.4 Å². The van der Waals surface area contributed by atoms with Gasteiger partial charge in [-0.15, -0.1) is 5.10 Å². The van der Waals surface area contributed by atoms with Crippen molar-refractivity contribution >= 4 is 52.5 Å². The number of aliphatic hydroxyl groups excluding tert-OH is 1. The van der Waals surface area contributed by atoms with Gasteiger partial charge in [-0.1, -0.05) is 102 Å². The van der Waals surface area contributed by atoms with Crippen molar-refractivity contribution in [3.63, 3.8) is 0 Å². The SMILES string of the molecule is C[C@@H]1[C@H](CSc2nnnn2-c2ccc(O)cc2)O[C@H](c2ccc(CNC(=O)C(Cl)(Cl)Cl)cc2)O[C@@H]1c1ccc(CO)cc1. The number of amides is 1.